The van der Waals surface area contributed by atoms with E-state index >= 15 is 0 Å². The van der Waals surface area contributed by atoms with Crippen molar-refractivity contribution in [3.63, 3.8) is 0 Å². The van der Waals surface area contributed by atoms with Gasteiger partial charge in [0.15, 0.2) is 0 Å². The predicted molar refractivity (Wildman–Crippen MR) is 110 cm³/mol. The summed E-state index contributed by atoms with van der Waals surface area (Å²) in [5, 5.41) is 12.1. The summed E-state index contributed by atoms with van der Waals surface area (Å²) < 4.78 is 35.4. The molecule has 0 spiro atoms. The third-order valence-electron chi connectivity index (χ3n) is 5.64. The Balaban J connectivity index is 1.41. The van der Waals surface area contributed by atoms with Crippen LogP contribution in [0, 0.1) is 11.6 Å². The lowest BCUT2D eigenvalue weighted by Crippen LogP contribution is -2.41. The molecule has 0 saturated heterocycles. The number of amides is 1. The first-order chi connectivity index (χ1) is 16.1. The molecular formula is C22H15F2N7O2. The van der Waals surface area contributed by atoms with Gasteiger partial charge in [0.25, 0.3) is 5.89 Å². The molecule has 1 aliphatic rings. The van der Waals surface area contributed by atoms with Gasteiger partial charge in [0.1, 0.15) is 23.2 Å². The molecule has 1 N–H and O–H groups in total. The molecule has 1 atom stereocenters. The molecule has 1 unspecified atom stereocenters. The minimum atomic E-state index is -0.862. The summed E-state index contributed by atoms with van der Waals surface area (Å²) in [6.45, 7) is 0.332. The molecule has 0 radical (unpaired) electrons. The van der Waals surface area contributed by atoms with E-state index < -0.39 is 35.0 Å². The van der Waals surface area contributed by atoms with Crippen LogP contribution in [-0.2, 0) is 6.42 Å². The van der Waals surface area contributed by atoms with Crippen LogP contribution in [0.15, 0.2) is 59.4 Å². The first-order valence-electron chi connectivity index (χ1n) is 10.2. The van der Waals surface area contributed by atoms with Crippen molar-refractivity contribution in [2.24, 2.45) is 0 Å². The Morgan fingerprint density at radius 2 is 1.97 bits per heavy atom. The Morgan fingerprint density at radius 3 is 2.79 bits per heavy atom. The van der Waals surface area contributed by atoms with Crippen LogP contribution < -0.4 is 0 Å². The molecule has 33 heavy (non-hydrogen) atoms. The van der Waals surface area contributed by atoms with Crippen LogP contribution in [0.5, 0.6) is 0 Å². The Labute approximate surface area is 184 Å². The Kier molecular flexibility index (Phi) is 4.28. The van der Waals surface area contributed by atoms with Gasteiger partial charge in [-0.3, -0.25) is 4.79 Å². The summed E-state index contributed by atoms with van der Waals surface area (Å²) in [6, 6.07) is 10.3. The fraction of sp³-hybridized carbons (Fsp3) is 0.136. The maximum atomic E-state index is 14.1. The summed E-state index contributed by atoms with van der Waals surface area (Å²) in [4.78, 5) is 22.5. The average molecular weight is 447 g/mol. The van der Waals surface area contributed by atoms with Gasteiger partial charge in [-0.2, -0.15) is 5.10 Å². The summed E-state index contributed by atoms with van der Waals surface area (Å²) in [6.07, 6.45) is 3.92. The fourth-order valence-corrected chi connectivity index (χ4v) is 4.12. The molecule has 1 amide bonds. The number of nitrogens with zero attached hydrogens (tertiary/aromatic N) is 6. The Hall–Kier alpha value is -4.41. The second-order valence-corrected chi connectivity index (χ2v) is 7.57. The number of benzene rings is 1. The van der Waals surface area contributed by atoms with Crippen LogP contribution >= 0.6 is 0 Å². The van der Waals surface area contributed by atoms with E-state index in [0.717, 1.165) is 23.3 Å². The van der Waals surface area contributed by atoms with Gasteiger partial charge in [-0.25, -0.2) is 18.3 Å². The fourth-order valence-electron chi connectivity index (χ4n) is 4.12. The van der Waals surface area contributed by atoms with E-state index in [0.29, 0.717) is 24.4 Å². The highest BCUT2D eigenvalue weighted by molar-refractivity contribution is 5.90. The average Bonchev–Trinajstić information content (AvgIpc) is 3.56. The van der Waals surface area contributed by atoms with E-state index in [4.69, 9.17) is 4.42 Å². The van der Waals surface area contributed by atoms with Crippen molar-refractivity contribution in [2.75, 3.05) is 6.54 Å². The molecule has 4 aromatic heterocycles. The number of pyridine rings is 1. The largest absolute Gasteiger partial charge is 0.412 e. The number of H-pyrrole nitrogens is 1. The third-order valence-corrected chi connectivity index (χ3v) is 5.64. The number of imidazole rings is 1. The van der Waals surface area contributed by atoms with E-state index in [1.165, 1.54) is 11.0 Å². The second-order valence-electron chi connectivity index (χ2n) is 7.57. The van der Waals surface area contributed by atoms with E-state index in [2.05, 4.69) is 25.3 Å². The van der Waals surface area contributed by atoms with E-state index in [1.54, 1.807) is 10.8 Å². The minimum absolute atomic E-state index is 0.332. The zero-order valence-electron chi connectivity index (χ0n) is 16.9. The van der Waals surface area contributed by atoms with E-state index in [1.807, 2.05) is 30.5 Å². The summed E-state index contributed by atoms with van der Waals surface area (Å²) in [7, 11) is 0. The smallest absolute Gasteiger partial charge is 0.312 e. The van der Waals surface area contributed by atoms with Gasteiger partial charge >= 0.3 is 11.8 Å². The molecule has 11 heteroatoms. The monoisotopic (exact) mass is 447 g/mol. The van der Waals surface area contributed by atoms with Crippen molar-refractivity contribution in [1.82, 2.24) is 34.7 Å². The van der Waals surface area contributed by atoms with E-state index in [-0.39, 0.29) is 5.89 Å². The molecular weight excluding hydrogens is 432 g/mol. The molecule has 6 rings (SSSR count). The second kappa shape index (κ2) is 7.33. The van der Waals surface area contributed by atoms with Crippen molar-refractivity contribution < 1.29 is 18.0 Å². The highest BCUT2D eigenvalue weighted by Crippen LogP contribution is 2.34. The molecule has 164 valence electrons. The lowest BCUT2D eigenvalue weighted by molar-refractivity contribution is 0.0646. The van der Waals surface area contributed by atoms with Gasteiger partial charge in [0.05, 0.1) is 23.2 Å². The number of halogens is 2. The molecule has 0 bridgehead atoms. The minimum Gasteiger partial charge on any atom is -0.412 e. The summed E-state index contributed by atoms with van der Waals surface area (Å²) >= 11 is 0. The number of aromatic nitrogens is 6. The number of aromatic amines is 1. The third kappa shape index (κ3) is 3.08. The van der Waals surface area contributed by atoms with Crippen LogP contribution in [0.25, 0.3) is 17.0 Å². The zero-order valence-corrected chi connectivity index (χ0v) is 16.9. The van der Waals surface area contributed by atoms with Gasteiger partial charge in [-0.1, -0.05) is 12.1 Å². The van der Waals surface area contributed by atoms with Gasteiger partial charge in [0.2, 0.25) is 0 Å². The first-order valence-corrected chi connectivity index (χ1v) is 10.2. The number of rotatable bonds is 3. The Morgan fingerprint density at radius 1 is 1.12 bits per heavy atom. The van der Waals surface area contributed by atoms with Crippen molar-refractivity contribution in [3.05, 3.63) is 89.6 Å². The molecule has 1 aromatic carbocycles. The molecule has 0 fully saturated rings. The molecule has 9 nitrogen and oxygen atoms in total. The number of fused-ring (bicyclic) bond motifs is 2. The lowest BCUT2D eigenvalue weighted by atomic mass is 9.99. The van der Waals surface area contributed by atoms with Crippen molar-refractivity contribution in [1.29, 1.82) is 0 Å². The van der Waals surface area contributed by atoms with Crippen LogP contribution in [-0.4, -0.2) is 47.1 Å². The van der Waals surface area contributed by atoms with Gasteiger partial charge in [-0.05, 0) is 30.3 Å². The molecule has 0 saturated carbocycles. The number of carbonyl (C=O) groups is 1. The molecule has 1 aliphatic heterocycles. The van der Waals surface area contributed by atoms with Crippen molar-refractivity contribution in [2.45, 2.75) is 12.5 Å². The van der Waals surface area contributed by atoms with Gasteiger partial charge in [0, 0.05) is 24.9 Å². The first kappa shape index (κ1) is 19.3. The van der Waals surface area contributed by atoms with Crippen LogP contribution in [0.3, 0.4) is 0 Å². The number of nitrogens with one attached hydrogen (secondary N) is 1. The number of hydrogen-bond acceptors (Lipinski definition) is 6. The zero-order chi connectivity index (χ0) is 22.5. The number of hydrogen-bond donors (Lipinski definition) is 1. The van der Waals surface area contributed by atoms with Gasteiger partial charge < -0.3 is 14.3 Å². The molecule has 5 aromatic rings. The van der Waals surface area contributed by atoms with Crippen LogP contribution in [0.4, 0.5) is 8.78 Å². The topological polar surface area (TPSA) is 105 Å². The van der Waals surface area contributed by atoms with Crippen molar-refractivity contribution in [3.8, 4) is 11.5 Å². The molecule has 5 heterocycles. The maximum absolute atomic E-state index is 14.1. The molecule has 0 aliphatic carbocycles. The highest BCUT2D eigenvalue weighted by Gasteiger charge is 2.38. The normalized spacial score (nSPS) is 15.7. The summed E-state index contributed by atoms with van der Waals surface area (Å²) in [5.41, 5.74) is 2.56. The maximum Gasteiger partial charge on any atom is 0.312 e. The highest BCUT2D eigenvalue weighted by atomic mass is 19.1. The van der Waals surface area contributed by atoms with Crippen LogP contribution in [0.1, 0.15) is 33.8 Å². The quantitative estimate of drug-likeness (QED) is 0.456. The SMILES string of the molecule is O=C(c1nnc(-c2c(F)cccc2F)o1)N1CCc2[nH]cnc2C1c1cc2ccccn2n1. The standard InChI is InChI=1S/C22H15F2N7O2/c23-13-5-3-6-14(24)17(13)20-27-28-21(33-20)22(32)30-9-7-15-18(26-11-25-15)19(30)16-10-12-4-1-2-8-31(12)29-16/h1-6,8,10-11,19H,7,9H2,(H,25,26). The van der Waals surface area contributed by atoms with Crippen molar-refractivity contribution >= 4 is 11.4 Å². The Bertz CT molecular complexity index is 1450. The van der Waals surface area contributed by atoms with Crippen LogP contribution in [0.2, 0.25) is 0 Å². The predicted octanol–water partition coefficient (Wildman–Crippen LogP) is 3.17. The lowest BCUT2D eigenvalue weighted by Gasteiger charge is -2.32. The summed E-state index contributed by atoms with van der Waals surface area (Å²) in [5.74, 6) is -3.09. The van der Waals surface area contributed by atoms with Gasteiger partial charge in [-0.15, -0.1) is 10.2 Å². The van der Waals surface area contributed by atoms with E-state index in [9.17, 15) is 13.6 Å². The number of carbonyl (C=O) groups excluding carboxylic acids is 1.